The predicted octanol–water partition coefficient (Wildman–Crippen LogP) is 2.54. The van der Waals surface area contributed by atoms with Crippen molar-refractivity contribution in [2.24, 2.45) is 5.73 Å². The molecule has 1 saturated carbocycles. The summed E-state index contributed by atoms with van der Waals surface area (Å²) in [7, 11) is 0. The first kappa shape index (κ1) is 12.6. The fourth-order valence-corrected chi connectivity index (χ4v) is 2.89. The van der Waals surface area contributed by atoms with Gasteiger partial charge >= 0.3 is 0 Å². The molecule has 1 aromatic rings. The maximum absolute atomic E-state index is 5.64. The first-order valence-corrected chi connectivity index (χ1v) is 6.85. The van der Waals surface area contributed by atoms with Crippen molar-refractivity contribution in [2.45, 2.75) is 64.3 Å². The van der Waals surface area contributed by atoms with E-state index in [0.29, 0.717) is 12.0 Å². The third-order valence-electron chi connectivity index (χ3n) is 3.87. The monoisotopic (exact) mass is 236 g/mol. The molecule has 2 rings (SSSR count). The summed E-state index contributed by atoms with van der Waals surface area (Å²) in [4.78, 5) is 0. The van der Waals surface area contributed by atoms with Gasteiger partial charge in [-0.2, -0.15) is 0 Å². The van der Waals surface area contributed by atoms with Crippen molar-refractivity contribution in [3.63, 3.8) is 0 Å². The van der Waals surface area contributed by atoms with Gasteiger partial charge in [-0.3, -0.25) is 0 Å². The minimum Gasteiger partial charge on any atom is -0.330 e. The zero-order chi connectivity index (χ0) is 12.3. The molecule has 1 aliphatic rings. The summed E-state index contributed by atoms with van der Waals surface area (Å²) >= 11 is 0. The molecule has 0 amide bonds. The Morgan fingerprint density at radius 1 is 1.29 bits per heavy atom. The minimum atomic E-state index is 0.420. The number of hydrogen-bond acceptors (Lipinski definition) is 3. The molecular formula is C13H24N4. The third-order valence-corrected chi connectivity index (χ3v) is 3.87. The average molecular weight is 236 g/mol. The Kier molecular flexibility index (Phi) is 4.15. The van der Waals surface area contributed by atoms with E-state index in [0.717, 1.165) is 24.6 Å². The van der Waals surface area contributed by atoms with Crippen LogP contribution >= 0.6 is 0 Å². The Morgan fingerprint density at radius 3 is 2.65 bits per heavy atom. The van der Waals surface area contributed by atoms with Crippen LogP contribution in [0.2, 0.25) is 0 Å². The predicted molar refractivity (Wildman–Crippen MR) is 69.0 cm³/mol. The standard InChI is InChI=1S/C13H24N4/c1-10(8-9-14)13-16-15-11(2)17(13)12-6-4-3-5-7-12/h10,12H,3-9,14H2,1-2H3. The van der Waals surface area contributed by atoms with Crippen molar-refractivity contribution < 1.29 is 0 Å². The van der Waals surface area contributed by atoms with Crippen LogP contribution in [0, 0.1) is 6.92 Å². The number of nitrogens with zero attached hydrogens (tertiary/aromatic N) is 3. The van der Waals surface area contributed by atoms with Gasteiger partial charge in [0.15, 0.2) is 0 Å². The molecule has 1 aromatic heterocycles. The lowest BCUT2D eigenvalue weighted by Crippen LogP contribution is -2.19. The molecule has 0 bridgehead atoms. The van der Waals surface area contributed by atoms with E-state index < -0.39 is 0 Å². The number of hydrogen-bond donors (Lipinski definition) is 1. The topological polar surface area (TPSA) is 56.7 Å². The molecular weight excluding hydrogens is 212 g/mol. The van der Waals surface area contributed by atoms with Crippen LogP contribution in [-0.4, -0.2) is 21.3 Å². The summed E-state index contributed by atoms with van der Waals surface area (Å²) in [6.45, 7) is 4.99. The first-order chi connectivity index (χ1) is 8.24. The largest absolute Gasteiger partial charge is 0.330 e. The van der Waals surface area contributed by atoms with Crippen molar-refractivity contribution in [3.05, 3.63) is 11.6 Å². The third kappa shape index (κ3) is 2.68. The molecule has 0 aliphatic heterocycles. The number of nitrogens with two attached hydrogens (primary N) is 1. The van der Waals surface area contributed by atoms with Crippen molar-refractivity contribution >= 4 is 0 Å². The van der Waals surface area contributed by atoms with Gasteiger partial charge < -0.3 is 10.3 Å². The highest BCUT2D eigenvalue weighted by atomic mass is 15.3. The maximum atomic E-state index is 5.64. The molecule has 0 aromatic carbocycles. The second kappa shape index (κ2) is 5.63. The number of rotatable bonds is 4. The molecule has 96 valence electrons. The van der Waals surface area contributed by atoms with E-state index in [1.54, 1.807) is 0 Å². The van der Waals surface area contributed by atoms with E-state index in [2.05, 4.69) is 28.6 Å². The SMILES string of the molecule is Cc1nnc(C(C)CCN)n1C1CCCCC1. The fraction of sp³-hybridized carbons (Fsp3) is 0.846. The highest BCUT2D eigenvalue weighted by molar-refractivity contribution is 5.03. The van der Waals surface area contributed by atoms with Crippen LogP contribution in [0.5, 0.6) is 0 Å². The second-order valence-corrected chi connectivity index (χ2v) is 5.25. The smallest absolute Gasteiger partial charge is 0.136 e. The summed E-state index contributed by atoms with van der Waals surface area (Å²) in [6.07, 6.45) is 7.61. The van der Waals surface area contributed by atoms with Gasteiger partial charge in [0, 0.05) is 12.0 Å². The lowest BCUT2D eigenvalue weighted by molar-refractivity contribution is 0.335. The summed E-state index contributed by atoms with van der Waals surface area (Å²) < 4.78 is 2.37. The summed E-state index contributed by atoms with van der Waals surface area (Å²) in [5.74, 6) is 2.62. The van der Waals surface area contributed by atoms with Crippen LogP contribution in [0.3, 0.4) is 0 Å². The normalized spacial score (nSPS) is 19.5. The van der Waals surface area contributed by atoms with Gasteiger partial charge in [-0.15, -0.1) is 10.2 Å². The van der Waals surface area contributed by atoms with E-state index in [-0.39, 0.29) is 0 Å². The molecule has 0 radical (unpaired) electrons. The molecule has 2 N–H and O–H groups in total. The molecule has 4 heteroatoms. The van der Waals surface area contributed by atoms with Crippen LogP contribution in [0.4, 0.5) is 0 Å². The van der Waals surface area contributed by atoms with Crippen LogP contribution < -0.4 is 5.73 Å². The Labute approximate surface area is 104 Å². The molecule has 17 heavy (non-hydrogen) atoms. The van der Waals surface area contributed by atoms with Crippen molar-refractivity contribution in [1.29, 1.82) is 0 Å². The van der Waals surface area contributed by atoms with Crippen molar-refractivity contribution in [1.82, 2.24) is 14.8 Å². The van der Waals surface area contributed by atoms with Crippen LogP contribution in [-0.2, 0) is 0 Å². The quantitative estimate of drug-likeness (QED) is 0.874. The van der Waals surface area contributed by atoms with Crippen molar-refractivity contribution in [3.8, 4) is 0 Å². The van der Waals surface area contributed by atoms with E-state index in [9.17, 15) is 0 Å². The van der Waals surface area contributed by atoms with Gasteiger partial charge in [0.1, 0.15) is 11.6 Å². The Balaban J connectivity index is 2.21. The Morgan fingerprint density at radius 2 is 2.00 bits per heavy atom. The van der Waals surface area contributed by atoms with Crippen molar-refractivity contribution in [2.75, 3.05) is 6.54 Å². The van der Waals surface area contributed by atoms with E-state index >= 15 is 0 Å². The molecule has 0 spiro atoms. The van der Waals surface area contributed by atoms with E-state index in [4.69, 9.17) is 5.73 Å². The van der Waals surface area contributed by atoms with Gasteiger partial charge in [0.2, 0.25) is 0 Å². The molecule has 4 nitrogen and oxygen atoms in total. The summed E-state index contributed by atoms with van der Waals surface area (Å²) in [5.41, 5.74) is 5.64. The van der Waals surface area contributed by atoms with Gasteiger partial charge in [0.05, 0.1) is 0 Å². The maximum Gasteiger partial charge on any atom is 0.136 e. The average Bonchev–Trinajstić information content (AvgIpc) is 2.73. The molecule has 1 fully saturated rings. The minimum absolute atomic E-state index is 0.420. The highest BCUT2D eigenvalue weighted by Gasteiger charge is 2.23. The van der Waals surface area contributed by atoms with Gasteiger partial charge in [-0.1, -0.05) is 26.2 Å². The number of aromatic nitrogens is 3. The second-order valence-electron chi connectivity index (χ2n) is 5.25. The highest BCUT2D eigenvalue weighted by Crippen LogP contribution is 2.31. The van der Waals surface area contributed by atoms with Gasteiger partial charge in [-0.25, -0.2) is 0 Å². The number of aryl methyl sites for hydroxylation is 1. The zero-order valence-electron chi connectivity index (χ0n) is 11.0. The Bertz CT molecular complexity index is 352. The Hall–Kier alpha value is -0.900. The van der Waals surface area contributed by atoms with E-state index in [1.807, 2.05) is 0 Å². The van der Waals surface area contributed by atoms with Gasteiger partial charge in [0.25, 0.3) is 0 Å². The van der Waals surface area contributed by atoms with E-state index in [1.165, 1.54) is 32.1 Å². The molecule has 1 heterocycles. The molecule has 1 aliphatic carbocycles. The lowest BCUT2D eigenvalue weighted by Gasteiger charge is -2.26. The first-order valence-electron chi connectivity index (χ1n) is 6.85. The lowest BCUT2D eigenvalue weighted by atomic mass is 9.94. The van der Waals surface area contributed by atoms with Crippen LogP contribution in [0.25, 0.3) is 0 Å². The summed E-state index contributed by atoms with van der Waals surface area (Å²) in [5, 5.41) is 8.63. The molecule has 1 unspecified atom stereocenters. The zero-order valence-corrected chi connectivity index (χ0v) is 11.0. The molecule has 0 saturated heterocycles. The molecule has 1 atom stereocenters. The van der Waals surface area contributed by atoms with Crippen LogP contribution in [0.1, 0.15) is 69.1 Å². The summed E-state index contributed by atoms with van der Waals surface area (Å²) in [6, 6.07) is 0.619. The fourth-order valence-electron chi connectivity index (χ4n) is 2.89. The van der Waals surface area contributed by atoms with Gasteiger partial charge in [-0.05, 0) is 32.7 Å². The van der Waals surface area contributed by atoms with Crippen LogP contribution in [0.15, 0.2) is 0 Å².